The average Bonchev–Trinajstić information content (AvgIpc) is 3.49. The molecule has 6 heteroatoms. The first kappa shape index (κ1) is 32.9. The number of anilines is 1. The highest BCUT2D eigenvalue weighted by atomic mass is 32.2. The van der Waals surface area contributed by atoms with Crippen molar-refractivity contribution in [2.45, 2.75) is 110 Å². The first-order valence-corrected chi connectivity index (χ1v) is 16.9. The largest absolute Gasteiger partial charge is 0.493 e. The number of methoxy groups -OCH3 is 1. The van der Waals surface area contributed by atoms with Gasteiger partial charge in [0.05, 0.1) is 26.0 Å². The SMILES string of the molecule is CCCCCCCCCCCCCCCCOc1cc(CC(=O)Nc2ccc(CN3C=CSC3)cc2)ccc1OC. The minimum absolute atomic E-state index is 0.0419. The van der Waals surface area contributed by atoms with Gasteiger partial charge in [-0.1, -0.05) is 109 Å². The van der Waals surface area contributed by atoms with Gasteiger partial charge in [0.1, 0.15) is 0 Å². The van der Waals surface area contributed by atoms with E-state index in [1.165, 1.54) is 89.0 Å². The highest BCUT2D eigenvalue weighted by Gasteiger charge is 2.11. The summed E-state index contributed by atoms with van der Waals surface area (Å²) in [6.45, 7) is 3.83. The summed E-state index contributed by atoms with van der Waals surface area (Å²) in [7, 11) is 1.66. The zero-order chi connectivity index (χ0) is 29.0. The minimum atomic E-state index is -0.0419. The van der Waals surface area contributed by atoms with Crippen LogP contribution in [-0.2, 0) is 17.8 Å². The number of carbonyl (C=O) groups is 1. The third-order valence-corrected chi connectivity index (χ3v) is 8.37. The molecule has 0 fully saturated rings. The predicted octanol–water partition coefficient (Wildman–Crippen LogP) is 9.71. The van der Waals surface area contributed by atoms with E-state index in [4.69, 9.17) is 9.47 Å². The van der Waals surface area contributed by atoms with Crippen LogP contribution in [-0.4, -0.2) is 30.4 Å². The fraction of sp³-hybridized carbons (Fsp3) is 0.571. The summed E-state index contributed by atoms with van der Waals surface area (Å²) in [5.41, 5.74) is 2.95. The molecule has 1 N–H and O–H groups in total. The van der Waals surface area contributed by atoms with Crippen LogP contribution in [0.15, 0.2) is 54.1 Å². The summed E-state index contributed by atoms with van der Waals surface area (Å²) in [4.78, 5) is 15.0. The van der Waals surface area contributed by atoms with Crippen molar-refractivity contribution in [3.63, 3.8) is 0 Å². The highest BCUT2D eigenvalue weighted by Crippen LogP contribution is 2.29. The molecule has 2 aromatic carbocycles. The summed E-state index contributed by atoms with van der Waals surface area (Å²) in [6.07, 6.45) is 21.2. The molecule has 1 aliphatic heterocycles. The summed E-state index contributed by atoms with van der Waals surface area (Å²) >= 11 is 1.80. The molecule has 41 heavy (non-hydrogen) atoms. The second-order valence-electron chi connectivity index (χ2n) is 11.2. The minimum Gasteiger partial charge on any atom is -0.493 e. The summed E-state index contributed by atoms with van der Waals surface area (Å²) in [5, 5.41) is 5.13. The molecule has 0 saturated carbocycles. The molecule has 2 aromatic rings. The van der Waals surface area contributed by atoms with Gasteiger partial charge in [-0.05, 0) is 47.2 Å². The topological polar surface area (TPSA) is 50.8 Å². The number of carbonyl (C=O) groups excluding carboxylic acids is 1. The molecule has 5 nitrogen and oxygen atoms in total. The molecule has 226 valence electrons. The van der Waals surface area contributed by atoms with Crippen molar-refractivity contribution < 1.29 is 14.3 Å². The molecule has 1 heterocycles. The van der Waals surface area contributed by atoms with Crippen LogP contribution < -0.4 is 14.8 Å². The Bertz CT molecular complexity index is 1020. The Morgan fingerprint density at radius 3 is 2.00 bits per heavy atom. The second kappa shape index (κ2) is 20.3. The zero-order valence-corrected chi connectivity index (χ0v) is 26.3. The van der Waals surface area contributed by atoms with Crippen LogP contribution in [0.1, 0.15) is 108 Å². The Kier molecular flexibility index (Phi) is 16.3. The molecule has 0 bridgehead atoms. The number of nitrogens with one attached hydrogen (secondary N) is 1. The Morgan fingerprint density at radius 1 is 0.805 bits per heavy atom. The molecule has 3 rings (SSSR count). The molecule has 0 spiro atoms. The molecule has 0 aromatic heterocycles. The number of hydrogen-bond donors (Lipinski definition) is 1. The van der Waals surface area contributed by atoms with Crippen molar-refractivity contribution in [3.8, 4) is 11.5 Å². The van der Waals surface area contributed by atoms with E-state index in [2.05, 4.69) is 40.9 Å². The number of unbranched alkanes of at least 4 members (excludes halogenated alkanes) is 13. The molecule has 0 unspecified atom stereocenters. The first-order valence-electron chi connectivity index (χ1n) is 15.9. The number of rotatable bonds is 22. The quantitative estimate of drug-likeness (QED) is 0.141. The number of ether oxygens (including phenoxy) is 2. The van der Waals surface area contributed by atoms with E-state index in [0.29, 0.717) is 18.1 Å². The van der Waals surface area contributed by atoms with E-state index < -0.39 is 0 Å². The van der Waals surface area contributed by atoms with Crippen LogP contribution >= 0.6 is 11.8 Å². The van der Waals surface area contributed by atoms with Crippen molar-refractivity contribution in [2.75, 3.05) is 24.9 Å². The Balaban J connectivity index is 1.28. The van der Waals surface area contributed by atoms with Gasteiger partial charge >= 0.3 is 0 Å². The molecule has 1 aliphatic rings. The van der Waals surface area contributed by atoms with E-state index in [1.807, 2.05) is 30.3 Å². The Hall–Kier alpha value is -2.60. The molecule has 0 aliphatic carbocycles. The maximum absolute atomic E-state index is 12.7. The zero-order valence-electron chi connectivity index (χ0n) is 25.5. The fourth-order valence-corrected chi connectivity index (χ4v) is 5.86. The number of thioether (sulfide) groups is 1. The normalized spacial score (nSPS) is 12.6. The smallest absolute Gasteiger partial charge is 0.228 e. The van der Waals surface area contributed by atoms with Crippen LogP contribution in [0, 0.1) is 0 Å². The number of benzene rings is 2. The lowest BCUT2D eigenvalue weighted by molar-refractivity contribution is -0.115. The summed E-state index contributed by atoms with van der Waals surface area (Å²) in [6, 6.07) is 13.9. The lowest BCUT2D eigenvalue weighted by Gasteiger charge is -2.15. The highest BCUT2D eigenvalue weighted by molar-refractivity contribution is 8.02. The Morgan fingerprint density at radius 2 is 1.41 bits per heavy atom. The van der Waals surface area contributed by atoms with Gasteiger partial charge in [-0.2, -0.15) is 0 Å². The molecule has 0 atom stereocenters. The molecule has 0 radical (unpaired) electrons. The molecule has 1 amide bonds. The van der Waals surface area contributed by atoms with Crippen molar-refractivity contribution in [2.24, 2.45) is 0 Å². The Labute approximate surface area is 253 Å². The van der Waals surface area contributed by atoms with Gasteiger partial charge in [-0.15, -0.1) is 11.8 Å². The van der Waals surface area contributed by atoms with Crippen LogP contribution in [0.4, 0.5) is 5.69 Å². The second-order valence-corrected chi connectivity index (χ2v) is 12.0. The molecular weight excluding hydrogens is 528 g/mol. The van der Waals surface area contributed by atoms with Crippen molar-refractivity contribution in [1.29, 1.82) is 0 Å². The standard InChI is InChI=1S/C35H52N2O3S/c1-3-4-5-6-7-8-9-10-11-12-13-14-15-16-24-40-34-26-31(19-22-33(34)39-2)27-35(38)36-32-20-17-30(18-21-32)28-37-23-25-41-29-37/h17-23,25-26H,3-16,24,27-29H2,1-2H3,(H,36,38). The van der Waals surface area contributed by atoms with Gasteiger partial charge in [-0.3, -0.25) is 4.79 Å². The summed E-state index contributed by atoms with van der Waals surface area (Å²) in [5.74, 6) is 2.37. The maximum Gasteiger partial charge on any atom is 0.228 e. The average molecular weight is 581 g/mol. The monoisotopic (exact) mass is 580 g/mol. The van der Waals surface area contributed by atoms with Crippen LogP contribution in [0.5, 0.6) is 11.5 Å². The van der Waals surface area contributed by atoms with Gasteiger partial charge in [0, 0.05) is 18.4 Å². The van der Waals surface area contributed by atoms with Gasteiger partial charge < -0.3 is 19.7 Å². The van der Waals surface area contributed by atoms with E-state index in [0.717, 1.165) is 30.1 Å². The third kappa shape index (κ3) is 13.7. The van der Waals surface area contributed by atoms with Gasteiger partial charge in [-0.25, -0.2) is 0 Å². The van der Waals surface area contributed by atoms with Crippen LogP contribution in [0.2, 0.25) is 0 Å². The number of amides is 1. The molecule has 0 saturated heterocycles. The fourth-order valence-electron chi connectivity index (χ4n) is 5.15. The van der Waals surface area contributed by atoms with E-state index in [-0.39, 0.29) is 12.3 Å². The number of nitrogens with zero attached hydrogens (tertiary/aromatic N) is 1. The number of hydrogen-bond acceptors (Lipinski definition) is 5. The lowest BCUT2D eigenvalue weighted by atomic mass is 10.0. The predicted molar refractivity (Wildman–Crippen MR) is 175 cm³/mol. The van der Waals surface area contributed by atoms with Gasteiger partial charge in [0.25, 0.3) is 0 Å². The first-order chi connectivity index (χ1) is 20.2. The maximum atomic E-state index is 12.7. The van der Waals surface area contributed by atoms with Crippen LogP contribution in [0.3, 0.4) is 0 Å². The molecular formula is C35H52N2O3S. The van der Waals surface area contributed by atoms with Gasteiger partial charge in [0.2, 0.25) is 5.91 Å². The van der Waals surface area contributed by atoms with Crippen molar-refractivity contribution in [1.82, 2.24) is 4.90 Å². The summed E-state index contributed by atoms with van der Waals surface area (Å²) < 4.78 is 11.6. The van der Waals surface area contributed by atoms with E-state index >= 15 is 0 Å². The third-order valence-electron chi connectivity index (χ3n) is 7.58. The van der Waals surface area contributed by atoms with Crippen molar-refractivity contribution >= 4 is 23.4 Å². The van der Waals surface area contributed by atoms with Gasteiger partial charge in [0.15, 0.2) is 11.5 Å². The van der Waals surface area contributed by atoms with E-state index in [1.54, 1.807) is 18.9 Å². The van der Waals surface area contributed by atoms with Crippen molar-refractivity contribution in [3.05, 3.63) is 65.2 Å². The lowest BCUT2D eigenvalue weighted by Crippen LogP contribution is -2.15. The van der Waals surface area contributed by atoms with Crippen LogP contribution in [0.25, 0.3) is 0 Å². The van der Waals surface area contributed by atoms with E-state index in [9.17, 15) is 4.79 Å².